The summed E-state index contributed by atoms with van der Waals surface area (Å²) in [5.74, 6) is 1.11. The van der Waals surface area contributed by atoms with Crippen molar-refractivity contribution in [1.29, 1.82) is 0 Å². The fourth-order valence-corrected chi connectivity index (χ4v) is 3.92. The highest BCUT2D eigenvalue weighted by Gasteiger charge is 2.29. The number of likely N-dealkylation sites (tertiary alicyclic amines) is 1. The molecule has 2 aromatic carbocycles. The van der Waals surface area contributed by atoms with Gasteiger partial charge in [-0.2, -0.15) is 0 Å². The number of benzene rings is 2. The highest BCUT2D eigenvalue weighted by Crippen LogP contribution is 2.38. The van der Waals surface area contributed by atoms with E-state index >= 15 is 0 Å². The first-order chi connectivity index (χ1) is 15.0. The molecule has 0 radical (unpaired) electrons. The van der Waals surface area contributed by atoms with Crippen molar-refractivity contribution in [2.24, 2.45) is 5.92 Å². The van der Waals surface area contributed by atoms with Crippen molar-refractivity contribution < 1.29 is 23.8 Å². The summed E-state index contributed by atoms with van der Waals surface area (Å²) in [5.41, 5.74) is 2.45. The van der Waals surface area contributed by atoms with E-state index < -0.39 is 0 Å². The van der Waals surface area contributed by atoms with Crippen LogP contribution in [0.3, 0.4) is 0 Å². The molecule has 0 unspecified atom stereocenters. The van der Waals surface area contributed by atoms with E-state index in [2.05, 4.69) is 12.2 Å². The fraction of sp³-hybridized carbons (Fsp3) is 0.417. The van der Waals surface area contributed by atoms with E-state index in [1.54, 1.807) is 17.0 Å². The summed E-state index contributed by atoms with van der Waals surface area (Å²) in [6.45, 7) is 3.10. The number of carbonyl (C=O) groups excluding carboxylic acids is 2. The topological polar surface area (TPSA) is 77.1 Å². The van der Waals surface area contributed by atoms with Crippen molar-refractivity contribution in [2.75, 3.05) is 39.7 Å². The predicted molar refractivity (Wildman–Crippen MR) is 119 cm³/mol. The summed E-state index contributed by atoms with van der Waals surface area (Å²) in [6.07, 6.45) is 2.10. The number of carbonyl (C=O) groups is 2. The standard InChI is InChI=1S/C24H30N2O5/c1-5-16-8-6-7-9-19(16)25-23(27)17-10-12-26(13-11-17)24(28)18-14-20(29-2)22(31-4)21(15-18)30-3/h6-9,14-15,17H,5,10-13H2,1-4H3,(H,25,27). The van der Waals surface area contributed by atoms with Crippen LogP contribution in [0.5, 0.6) is 17.2 Å². The number of nitrogens with one attached hydrogen (secondary N) is 1. The molecule has 2 amide bonds. The van der Waals surface area contributed by atoms with Crippen molar-refractivity contribution in [3.05, 3.63) is 47.5 Å². The average Bonchev–Trinajstić information content (AvgIpc) is 2.82. The number of ether oxygens (including phenoxy) is 3. The fourth-order valence-electron chi connectivity index (χ4n) is 3.92. The molecular formula is C24H30N2O5. The van der Waals surface area contributed by atoms with Gasteiger partial charge in [0.25, 0.3) is 5.91 Å². The molecule has 0 saturated carbocycles. The smallest absolute Gasteiger partial charge is 0.254 e. The molecule has 1 fully saturated rings. The third-order valence-electron chi connectivity index (χ3n) is 5.72. The molecule has 166 valence electrons. The molecule has 1 N–H and O–H groups in total. The number of nitrogens with zero attached hydrogens (tertiary/aromatic N) is 1. The van der Waals surface area contributed by atoms with E-state index in [1.807, 2.05) is 24.3 Å². The lowest BCUT2D eigenvalue weighted by atomic mass is 9.95. The van der Waals surface area contributed by atoms with E-state index in [-0.39, 0.29) is 17.7 Å². The maximum Gasteiger partial charge on any atom is 0.254 e. The third-order valence-corrected chi connectivity index (χ3v) is 5.72. The largest absolute Gasteiger partial charge is 0.493 e. The minimum absolute atomic E-state index is 0.0146. The molecule has 0 aliphatic carbocycles. The Labute approximate surface area is 183 Å². The van der Waals surface area contributed by atoms with Crippen molar-refractivity contribution in [2.45, 2.75) is 26.2 Å². The Kier molecular flexibility index (Phi) is 7.39. The number of amides is 2. The van der Waals surface area contributed by atoms with Gasteiger partial charge in [0.05, 0.1) is 21.3 Å². The molecule has 1 heterocycles. The number of para-hydroxylation sites is 1. The Morgan fingerprint density at radius 3 is 2.16 bits per heavy atom. The second-order valence-corrected chi connectivity index (χ2v) is 7.48. The molecule has 7 heteroatoms. The van der Waals surface area contributed by atoms with Gasteiger partial charge >= 0.3 is 0 Å². The summed E-state index contributed by atoms with van der Waals surface area (Å²) in [6, 6.07) is 11.2. The van der Waals surface area contributed by atoms with Crippen molar-refractivity contribution >= 4 is 17.5 Å². The number of piperidine rings is 1. The van der Waals surface area contributed by atoms with Gasteiger partial charge < -0.3 is 24.4 Å². The SMILES string of the molecule is CCc1ccccc1NC(=O)C1CCN(C(=O)c2cc(OC)c(OC)c(OC)c2)CC1. The van der Waals surface area contributed by atoms with Crippen LogP contribution in [0.2, 0.25) is 0 Å². The zero-order valence-electron chi connectivity index (χ0n) is 18.6. The minimum Gasteiger partial charge on any atom is -0.493 e. The lowest BCUT2D eigenvalue weighted by Gasteiger charge is -2.31. The Hall–Kier alpha value is -3.22. The summed E-state index contributed by atoms with van der Waals surface area (Å²) in [5, 5.41) is 3.06. The zero-order valence-corrected chi connectivity index (χ0v) is 18.6. The van der Waals surface area contributed by atoms with E-state index in [0.29, 0.717) is 48.7 Å². The van der Waals surface area contributed by atoms with Gasteiger partial charge in [0.1, 0.15) is 0 Å². The van der Waals surface area contributed by atoms with Crippen LogP contribution in [-0.2, 0) is 11.2 Å². The van der Waals surface area contributed by atoms with Gasteiger partial charge in [-0.15, -0.1) is 0 Å². The first-order valence-corrected chi connectivity index (χ1v) is 10.5. The van der Waals surface area contributed by atoms with Gasteiger partial charge in [0, 0.05) is 30.3 Å². The molecule has 0 aromatic heterocycles. The van der Waals surface area contributed by atoms with Crippen LogP contribution in [0.4, 0.5) is 5.69 Å². The van der Waals surface area contributed by atoms with Crippen LogP contribution in [0.25, 0.3) is 0 Å². The van der Waals surface area contributed by atoms with Gasteiger partial charge in [-0.1, -0.05) is 25.1 Å². The van der Waals surface area contributed by atoms with Crippen LogP contribution < -0.4 is 19.5 Å². The molecule has 1 saturated heterocycles. The molecule has 2 aromatic rings. The first kappa shape index (κ1) is 22.5. The van der Waals surface area contributed by atoms with Crippen molar-refractivity contribution in [3.8, 4) is 17.2 Å². The van der Waals surface area contributed by atoms with E-state index in [4.69, 9.17) is 14.2 Å². The maximum absolute atomic E-state index is 13.1. The summed E-state index contributed by atoms with van der Waals surface area (Å²) >= 11 is 0. The summed E-state index contributed by atoms with van der Waals surface area (Å²) in [7, 11) is 4.56. The average molecular weight is 427 g/mol. The van der Waals surface area contributed by atoms with Crippen LogP contribution in [0, 0.1) is 5.92 Å². The number of hydrogen-bond acceptors (Lipinski definition) is 5. The molecule has 31 heavy (non-hydrogen) atoms. The van der Waals surface area contributed by atoms with Crippen molar-refractivity contribution in [1.82, 2.24) is 4.90 Å². The van der Waals surface area contributed by atoms with Gasteiger partial charge in [0.15, 0.2) is 11.5 Å². The van der Waals surface area contributed by atoms with Crippen LogP contribution >= 0.6 is 0 Å². The molecule has 0 spiro atoms. The van der Waals surface area contributed by atoms with Gasteiger partial charge in [0.2, 0.25) is 11.7 Å². The highest BCUT2D eigenvalue weighted by molar-refractivity contribution is 5.96. The molecule has 1 aliphatic rings. The molecular weight excluding hydrogens is 396 g/mol. The molecule has 0 bridgehead atoms. The lowest BCUT2D eigenvalue weighted by Crippen LogP contribution is -2.41. The number of hydrogen-bond donors (Lipinski definition) is 1. The third kappa shape index (κ3) is 4.93. The number of aryl methyl sites for hydroxylation is 1. The number of anilines is 1. The van der Waals surface area contributed by atoms with E-state index in [1.165, 1.54) is 21.3 Å². The van der Waals surface area contributed by atoms with Gasteiger partial charge in [-0.3, -0.25) is 9.59 Å². The van der Waals surface area contributed by atoms with Crippen LogP contribution in [0.15, 0.2) is 36.4 Å². The molecule has 7 nitrogen and oxygen atoms in total. The Bertz CT molecular complexity index is 910. The molecule has 0 atom stereocenters. The summed E-state index contributed by atoms with van der Waals surface area (Å²) < 4.78 is 16.0. The van der Waals surface area contributed by atoms with Crippen LogP contribution in [-0.4, -0.2) is 51.1 Å². The first-order valence-electron chi connectivity index (χ1n) is 10.5. The van der Waals surface area contributed by atoms with Crippen molar-refractivity contribution in [3.63, 3.8) is 0 Å². The monoisotopic (exact) mass is 426 g/mol. The molecule has 1 aliphatic heterocycles. The Balaban J connectivity index is 1.65. The quantitative estimate of drug-likeness (QED) is 0.729. The normalized spacial score (nSPS) is 14.1. The Morgan fingerprint density at radius 1 is 1.00 bits per heavy atom. The van der Waals surface area contributed by atoms with Crippen LogP contribution in [0.1, 0.15) is 35.7 Å². The minimum atomic E-state index is -0.117. The Morgan fingerprint density at radius 2 is 1.61 bits per heavy atom. The second-order valence-electron chi connectivity index (χ2n) is 7.48. The molecule has 3 rings (SSSR count). The predicted octanol–water partition coefficient (Wildman–Crippen LogP) is 3.77. The lowest BCUT2D eigenvalue weighted by molar-refractivity contribution is -0.121. The summed E-state index contributed by atoms with van der Waals surface area (Å²) in [4.78, 5) is 27.6. The highest BCUT2D eigenvalue weighted by atomic mass is 16.5. The zero-order chi connectivity index (χ0) is 22.4. The van der Waals surface area contributed by atoms with Gasteiger partial charge in [-0.25, -0.2) is 0 Å². The maximum atomic E-state index is 13.1. The number of rotatable bonds is 7. The van der Waals surface area contributed by atoms with E-state index in [9.17, 15) is 9.59 Å². The second kappa shape index (κ2) is 10.2. The van der Waals surface area contributed by atoms with Gasteiger partial charge in [-0.05, 0) is 43.0 Å². The van der Waals surface area contributed by atoms with E-state index in [0.717, 1.165) is 17.7 Å². The number of methoxy groups -OCH3 is 3.